The van der Waals surface area contributed by atoms with E-state index in [0.717, 1.165) is 25.7 Å². The molecule has 0 spiro atoms. The maximum Gasteiger partial charge on any atom is 0.129 e. The van der Waals surface area contributed by atoms with Gasteiger partial charge < -0.3 is 5.11 Å². The predicted octanol–water partition coefficient (Wildman–Crippen LogP) is 3.61. The summed E-state index contributed by atoms with van der Waals surface area (Å²) in [5.74, 6) is -0.101. The summed E-state index contributed by atoms with van der Waals surface area (Å²) in [6.45, 7) is 1.75. The van der Waals surface area contributed by atoms with Crippen LogP contribution in [0.15, 0.2) is 24.3 Å². The van der Waals surface area contributed by atoms with E-state index >= 15 is 0 Å². The molecule has 0 heterocycles. The van der Waals surface area contributed by atoms with E-state index in [0.29, 0.717) is 5.56 Å². The van der Waals surface area contributed by atoms with E-state index in [2.05, 4.69) is 0 Å². The molecular formula is C14H19FO. The maximum atomic E-state index is 13.7. The highest BCUT2D eigenvalue weighted by Crippen LogP contribution is 2.39. The zero-order chi connectivity index (χ0) is 11.6. The third-order valence-electron chi connectivity index (χ3n) is 3.82. The van der Waals surface area contributed by atoms with Crippen molar-refractivity contribution in [2.75, 3.05) is 0 Å². The average molecular weight is 222 g/mol. The Morgan fingerprint density at radius 2 is 1.81 bits per heavy atom. The summed E-state index contributed by atoms with van der Waals surface area (Å²) in [5, 5.41) is 10.6. The highest BCUT2D eigenvalue weighted by Gasteiger charge is 2.36. The Morgan fingerprint density at radius 3 is 2.44 bits per heavy atom. The second-order valence-corrected chi connectivity index (χ2v) is 4.96. The molecule has 1 aromatic rings. The molecule has 1 nitrogen and oxygen atoms in total. The van der Waals surface area contributed by atoms with E-state index in [4.69, 9.17) is 0 Å². The molecule has 1 aromatic carbocycles. The quantitative estimate of drug-likeness (QED) is 0.810. The van der Waals surface area contributed by atoms with Crippen molar-refractivity contribution in [3.05, 3.63) is 35.6 Å². The third-order valence-corrected chi connectivity index (χ3v) is 3.82. The molecule has 2 rings (SSSR count). The SMILES string of the molecule is CC(O)(c1ccccc1F)C1CCCCC1. The monoisotopic (exact) mass is 222 g/mol. The number of hydrogen-bond donors (Lipinski definition) is 1. The summed E-state index contributed by atoms with van der Waals surface area (Å²) in [7, 11) is 0. The Bertz CT molecular complexity index is 354. The van der Waals surface area contributed by atoms with Gasteiger partial charge in [0.1, 0.15) is 5.82 Å². The van der Waals surface area contributed by atoms with Crippen LogP contribution >= 0.6 is 0 Å². The highest BCUT2D eigenvalue weighted by molar-refractivity contribution is 5.24. The van der Waals surface area contributed by atoms with Gasteiger partial charge in [-0.1, -0.05) is 37.5 Å². The zero-order valence-corrected chi connectivity index (χ0v) is 9.75. The van der Waals surface area contributed by atoms with Crippen molar-refractivity contribution in [3.63, 3.8) is 0 Å². The first-order chi connectivity index (χ1) is 7.62. The molecule has 0 aromatic heterocycles. The molecule has 1 fully saturated rings. The van der Waals surface area contributed by atoms with Gasteiger partial charge in [-0.2, -0.15) is 0 Å². The molecule has 2 heteroatoms. The molecule has 0 aliphatic heterocycles. The predicted molar refractivity (Wildman–Crippen MR) is 62.5 cm³/mol. The van der Waals surface area contributed by atoms with Gasteiger partial charge in [0.25, 0.3) is 0 Å². The van der Waals surface area contributed by atoms with Gasteiger partial charge in [0.05, 0.1) is 5.60 Å². The number of aliphatic hydroxyl groups is 1. The molecule has 0 amide bonds. The largest absolute Gasteiger partial charge is 0.385 e. The van der Waals surface area contributed by atoms with Crippen LogP contribution in [0.3, 0.4) is 0 Å². The topological polar surface area (TPSA) is 20.2 Å². The lowest BCUT2D eigenvalue weighted by molar-refractivity contribution is -0.0243. The Hall–Kier alpha value is -0.890. The summed E-state index contributed by atoms with van der Waals surface area (Å²) >= 11 is 0. The van der Waals surface area contributed by atoms with Gasteiger partial charge in [0, 0.05) is 5.56 Å². The van der Waals surface area contributed by atoms with Crippen LogP contribution in [-0.2, 0) is 5.60 Å². The van der Waals surface area contributed by atoms with E-state index in [1.54, 1.807) is 25.1 Å². The van der Waals surface area contributed by atoms with Crippen molar-refractivity contribution in [2.24, 2.45) is 5.92 Å². The van der Waals surface area contributed by atoms with E-state index in [-0.39, 0.29) is 11.7 Å². The van der Waals surface area contributed by atoms with Crippen molar-refractivity contribution in [1.29, 1.82) is 0 Å². The second-order valence-electron chi connectivity index (χ2n) is 4.96. The minimum Gasteiger partial charge on any atom is -0.385 e. The molecule has 1 N–H and O–H groups in total. The van der Waals surface area contributed by atoms with Crippen molar-refractivity contribution < 1.29 is 9.50 Å². The Labute approximate surface area is 96.3 Å². The number of rotatable bonds is 2. The molecule has 0 bridgehead atoms. The molecule has 16 heavy (non-hydrogen) atoms. The van der Waals surface area contributed by atoms with E-state index in [9.17, 15) is 9.50 Å². The molecule has 88 valence electrons. The Balaban J connectivity index is 2.26. The van der Waals surface area contributed by atoms with Gasteiger partial charge in [-0.25, -0.2) is 4.39 Å². The van der Waals surface area contributed by atoms with Crippen molar-refractivity contribution >= 4 is 0 Å². The molecule has 1 saturated carbocycles. The molecule has 0 saturated heterocycles. The summed E-state index contributed by atoms with van der Waals surface area (Å²) < 4.78 is 13.7. The average Bonchev–Trinajstić information content (AvgIpc) is 2.30. The van der Waals surface area contributed by atoms with Gasteiger partial charge in [-0.05, 0) is 31.7 Å². The molecule has 1 aliphatic rings. The molecule has 1 atom stereocenters. The van der Waals surface area contributed by atoms with Crippen molar-refractivity contribution in [2.45, 2.75) is 44.6 Å². The van der Waals surface area contributed by atoms with Crippen molar-refractivity contribution in [1.82, 2.24) is 0 Å². The minimum atomic E-state index is -1.02. The van der Waals surface area contributed by atoms with E-state index in [1.165, 1.54) is 12.5 Å². The summed E-state index contributed by atoms with van der Waals surface area (Å²) in [6, 6.07) is 6.57. The van der Waals surface area contributed by atoms with Crippen LogP contribution in [0, 0.1) is 11.7 Å². The first-order valence-electron chi connectivity index (χ1n) is 6.10. The fraction of sp³-hybridized carbons (Fsp3) is 0.571. The fourth-order valence-electron chi connectivity index (χ4n) is 2.76. The van der Waals surface area contributed by atoms with Crippen LogP contribution in [0.5, 0.6) is 0 Å². The van der Waals surface area contributed by atoms with Crippen LogP contribution in [-0.4, -0.2) is 5.11 Å². The summed E-state index contributed by atoms with van der Waals surface area (Å²) in [4.78, 5) is 0. The lowest BCUT2D eigenvalue weighted by Gasteiger charge is -2.36. The van der Waals surface area contributed by atoms with E-state index in [1.807, 2.05) is 0 Å². The Kier molecular flexibility index (Phi) is 3.29. The Morgan fingerprint density at radius 1 is 1.19 bits per heavy atom. The van der Waals surface area contributed by atoms with Crippen LogP contribution in [0.1, 0.15) is 44.6 Å². The lowest BCUT2D eigenvalue weighted by atomic mass is 9.74. The highest BCUT2D eigenvalue weighted by atomic mass is 19.1. The lowest BCUT2D eigenvalue weighted by Crippen LogP contribution is -2.34. The second kappa shape index (κ2) is 4.54. The van der Waals surface area contributed by atoms with Gasteiger partial charge in [-0.15, -0.1) is 0 Å². The normalized spacial score (nSPS) is 21.7. The van der Waals surface area contributed by atoms with E-state index < -0.39 is 5.60 Å². The molecular weight excluding hydrogens is 203 g/mol. The van der Waals surface area contributed by atoms with Crippen LogP contribution < -0.4 is 0 Å². The summed E-state index contributed by atoms with van der Waals surface area (Å²) in [5.41, 5.74) is -0.576. The van der Waals surface area contributed by atoms with Gasteiger partial charge >= 0.3 is 0 Å². The van der Waals surface area contributed by atoms with Gasteiger partial charge in [0.2, 0.25) is 0 Å². The zero-order valence-electron chi connectivity index (χ0n) is 9.75. The fourth-order valence-corrected chi connectivity index (χ4v) is 2.76. The third kappa shape index (κ3) is 2.12. The molecule has 0 radical (unpaired) electrons. The van der Waals surface area contributed by atoms with Crippen LogP contribution in [0.2, 0.25) is 0 Å². The van der Waals surface area contributed by atoms with Crippen LogP contribution in [0.25, 0.3) is 0 Å². The number of benzene rings is 1. The summed E-state index contributed by atoms with van der Waals surface area (Å²) in [6.07, 6.45) is 5.54. The standard InChI is InChI=1S/C14H19FO/c1-14(16,11-7-3-2-4-8-11)12-9-5-6-10-13(12)15/h5-6,9-11,16H,2-4,7-8H2,1H3. The van der Waals surface area contributed by atoms with Gasteiger partial charge in [-0.3, -0.25) is 0 Å². The van der Waals surface area contributed by atoms with Gasteiger partial charge in [0.15, 0.2) is 0 Å². The minimum absolute atomic E-state index is 0.193. The first kappa shape index (κ1) is 11.6. The number of hydrogen-bond acceptors (Lipinski definition) is 1. The smallest absolute Gasteiger partial charge is 0.129 e. The number of halogens is 1. The molecule has 1 unspecified atom stereocenters. The van der Waals surface area contributed by atoms with Crippen LogP contribution in [0.4, 0.5) is 4.39 Å². The first-order valence-corrected chi connectivity index (χ1v) is 6.10. The maximum absolute atomic E-state index is 13.7. The molecule has 1 aliphatic carbocycles. The van der Waals surface area contributed by atoms with Crippen molar-refractivity contribution in [3.8, 4) is 0 Å².